The molecular formula is C20H28Cl4O2. The third-order valence-electron chi connectivity index (χ3n) is 2.47. The summed E-state index contributed by atoms with van der Waals surface area (Å²) < 4.78 is 10.3. The lowest BCUT2D eigenvalue weighted by molar-refractivity contribution is 0.317. The first-order chi connectivity index (χ1) is 12.5. The number of hydrogen-bond acceptors (Lipinski definition) is 2. The normalized spacial score (nSPS) is 8.69. The second kappa shape index (κ2) is 17.6. The summed E-state index contributed by atoms with van der Waals surface area (Å²) in [5.74, 6) is 1.34. The largest absolute Gasteiger partial charge is 0.495 e. The summed E-state index contributed by atoms with van der Waals surface area (Å²) in [5.41, 5.74) is 0. The quantitative estimate of drug-likeness (QED) is 0.471. The molecule has 2 nitrogen and oxygen atoms in total. The first kappa shape index (κ1) is 27.4. The predicted molar refractivity (Wildman–Crippen MR) is 118 cm³/mol. The first-order valence-corrected chi connectivity index (χ1v) is 10.1. The van der Waals surface area contributed by atoms with Crippen molar-refractivity contribution in [1.82, 2.24) is 0 Å². The Hall–Kier alpha value is -0.800. The Morgan fingerprint density at radius 1 is 0.731 bits per heavy atom. The van der Waals surface area contributed by atoms with Gasteiger partial charge in [-0.2, -0.15) is 0 Å². The van der Waals surface area contributed by atoms with E-state index in [1.807, 2.05) is 34.6 Å². The maximum atomic E-state index is 5.86. The van der Waals surface area contributed by atoms with E-state index in [-0.39, 0.29) is 0 Å². The maximum Gasteiger partial charge on any atom is 0.137 e. The van der Waals surface area contributed by atoms with Gasteiger partial charge in [0.1, 0.15) is 11.5 Å². The number of benzene rings is 2. The van der Waals surface area contributed by atoms with Crippen LogP contribution in [0.4, 0.5) is 0 Å². The van der Waals surface area contributed by atoms with Gasteiger partial charge in [-0.1, -0.05) is 81.0 Å². The molecule has 148 valence electrons. The monoisotopic (exact) mass is 440 g/mol. The number of rotatable bonds is 4. The molecule has 0 aliphatic carbocycles. The highest BCUT2D eigenvalue weighted by Crippen LogP contribution is 2.27. The van der Waals surface area contributed by atoms with Gasteiger partial charge in [0.05, 0.1) is 23.8 Å². The minimum Gasteiger partial charge on any atom is -0.495 e. The van der Waals surface area contributed by atoms with Crippen molar-refractivity contribution in [2.24, 2.45) is 0 Å². The van der Waals surface area contributed by atoms with Gasteiger partial charge in [0.2, 0.25) is 0 Å². The molecule has 0 atom stereocenters. The van der Waals surface area contributed by atoms with Crippen molar-refractivity contribution in [1.29, 1.82) is 0 Å². The van der Waals surface area contributed by atoms with Crippen LogP contribution in [0.15, 0.2) is 36.4 Å². The molecule has 0 aliphatic rings. The van der Waals surface area contributed by atoms with E-state index in [0.717, 1.165) is 6.42 Å². The summed E-state index contributed by atoms with van der Waals surface area (Å²) in [6.07, 6.45) is 0.971. The summed E-state index contributed by atoms with van der Waals surface area (Å²) in [4.78, 5) is 0. The Labute approximate surface area is 178 Å². The summed E-state index contributed by atoms with van der Waals surface area (Å²) in [7, 11) is 1.56. The Kier molecular flexibility index (Phi) is 18.6. The Balaban J connectivity index is 0. The van der Waals surface area contributed by atoms with Crippen LogP contribution in [0.5, 0.6) is 11.5 Å². The van der Waals surface area contributed by atoms with Gasteiger partial charge in [-0.15, -0.1) is 0 Å². The van der Waals surface area contributed by atoms with Crippen molar-refractivity contribution in [2.45, 2.75) is 41.0 Å². The van der Waals surface area contributed by atoms with E-state index in [9.17, 15) is 0 Å². The summed E-state index contributed by atoms with van der Waals surface area (Å²) >= 11 is 22.9. The second-order valence-electron chi connectivity index (χ2n) is 4.20. The van der Waals surface area contributed by atoms with Gasteiger partial charge < -0.3 is 9.47 Å². The van der Waals surface area contributed by atoms with Crippen molar-refractivity contribution in [3.05, 3.63) is 56.5 Å². The molecule has 26 heavy (non-hydrogen) atoms. The third-order valence-corrected chi connectivity index (χ3v) is 3.53. The van der Waals surface area contributed by atoms with Crippen LogP contribution in [-0.4, -0.2) is 13.7 Å². The fourth-order valence-corrected chi connectivity index (χ4v) is 2.39. The fraction of sp³-hybridized carbons (Fsp3) is 0.400. The lowest BCUT2D eigenvalue weighted by atomic mass is 10.3. The van der Waals surface area contributed by atoms with Gasteiger partial charge >= 0.3 is 0 Å². The molecule has 0 unspecified atom stereocenters. The van der Waals surface area contributed by atoms with Gasteiger partial charge in [0, 0.05) is 10.0 Å². The van der Waals surface area contributed by atoms with Crippen LogP contribution in [0, 0.1) is 0 Å². The van der Waals surface area contributed by atoms with E-state index in [1.165, 1.54) is 0 Å². The van der Waals surface area contributed by atoms with E-state index >= 15 is 0 Å². The van der Waals surface area contributed by atoms with Crippen molar-refractivity contribution >= 4 is 46.4 Å². The van der Waals surface area contributed by atoms with Gasteiger partial charge in [-0.3, -0.25) is 0 Å². The zero-order valence-corrected chi connectivity index (χ0v) is 19.2. The highest BCUT2D eigenvalue weighted by Gasteiger charge is 2.00. The van der Waals surface area contributed by atoms with Gasteiger partial charge in [0.25, 0.3) is 0 Å². The fourth-order valence-electron chi connectivity index (χ4n) is 1.45. The molecule has 0 saturated heterocycles. The van der Waals surface area contributed by atoms with Crippen LogP contribution in [0.3, 0.4) is 0 Å². The maximum absolute atomic E-state index is 5.86. The van der Waals surface area contributed by atoms with Crippen LogP contribution < -0.4 is 9.47 Å². The molecule has 0 fully saturated rings. The molecule has 0 spiro atoms. The van der Waals surface area contributed by atoms with Crippen molar-refractivity contribution < 1.29 is 9.47 Å². The van der Waals surface area contributed by atoms with Crippen molar-refractivity contribution in [3.8, 4) is 11.5 Å². The molecule has 0 N–H and O–H groups in total. The molecule has 0 saturated carbocycles. The molecule has 0 aliphatic heterocycles. The molecule has 0 bridgehead atoms. The van der Waals surface area contributed by atoms with Gasteiger partial charge in [0.15, 0.2) is 0 Å². The highest BCUT2D eigenvalue weighted by atomic mass is 35.5. The highest BCUT2D eigenvalue weighted by molar-refractivity contribution is 6.36. The molecule has 0 amide bonds. The summed E-state index contributed by atoms with van der Waals surface area (Å²) in [5, 5.41) is 2.35. The number of hydrogen-bond donors (Lipinski definition) is 0. The zero-order chi connectivity index (χ0) is 20.5. The summed E-state index contributed by atoms with van der Waals surface area (Å²) in [6.45, 7) is 10.7. The molecule has 0 radical (unpaired) electrons. The van der Waals surface area contributed by atoms with Crippen LogP contribution in [-0.2, 0) is 0 Å². The molecule has 2 rings (SSSR count). The topological polar surface area (TPSA) is 18.5 Å². The van der Waals surface area contributed by atoms with E-state index in [4.69, 9.17) is 55.9 Å². The second-order valence-corrected chi connectivity index (χ2v) is 5.89. The number of ether oxygens (including phenoxy) is 2. The minimum atomic E-state index is 0.537. The predicted octanol–water partition coefficient (Wildman–Crippen LogP) is 8.84. The van der Waals surface area contributed by atoms with Crippen LogP contribution in [0.2, 0.25) is 20.1 Å². The van der Waals surface area contributed by atoms with E-state index in [2.05, 4.69) is 0 Å². The van der Waals surface area contributed by atoms with Gasteiger partial charge in [-0.25, -0.2) is 0 Å². The lowest BCUT2D eigenvalue weighted by Crippen LogP contribution is -1.94. The number of methoxy groups -OCH3 is 1. The average molecular weight is 442 g/mol. The minimum absolute atomic E-state index is 0.537. The van der Waals surface area contributed by atoms with Crippen LogP contribution in [0.25, 0.3) is 0 Å². The van der Waals surface area contributed by atoms with E-state index < -0.39 is 0 Å². The molecule has 2 aromatic rings. The van der Waals surface area contributed by atoms with Crippen LogP contribution >= 0.6 is 46.4 Å². The average Bonchev–Trinajstić information content (AvgIpc) is 2.65. The summed E-state index contributed by atoms with van der Waals surface area (Å²) in [6, 6.07) is 10.3. The Morgan fingerprint density at radius 2 is 1.15 bits per heavy atom. The van der Waals surface area contributed by atoms with Gasteiger partial charge in [-0.05, 0) is 42.8 Å². The third kappa shape index (κ3) is 11.7. The molecule has 6 heteroatoms. The Morgan fingerprint density at radius 3 is 1.50 bits per heavy atom. The van der Waals surface area contributed by atoms with E-state index in [0.29, 0.717) is 38.2 Å². The van der Waals surface area contributed by atoms with Crippen molar-refractivity contribution in [3.63, 3.8) is 0 Å². The lowest BCUT2D eigenvalue weighted by Gasteiger charge is -2.05. The van der Waals surface area contributed by atoms with Crippen LogP contribution in [0.1, 0.15) is 41.0 Å². The van der Waals surface area contributed by atoms with Crippen molar-refractivity contribution in [2.75, 3.05) is 13.7 Å². The molecule has 0 aromatic heterocycles. The smallest absolute Gasteiger partial charge is 0.137 e. The zero-order valence-electron chi connectivity index (χ0n) is 16.2. The molecule has 2 aromatic carbocycles. The number of halogens is 4. The first-order valence-electron chi connectivity index (χ1n) is 8.54. The van der Waals surface area contributed by atoms with E-state index in [1.54, 1.807) is 43.5 Å². The standard InChI is InChI=1S/C9H10Cl2O.C7H6Cl2O.2C2H6/c1-2-5-12-9-4-3-7(10)6-8(9)11;1-10-7-3-2-5(8)4-6(7)9;2*1-2/h3-4,6H,2,5H2,1H3;2-4H,1H3;2*1-2H3. The molecule has 0 heterocycles. The SMILES string of the molecule is CC.CC.CCCOc1ccc(Cl)cc1Cl.COc1ccc(Cl)cc1Cl. The molecular weight excluding hydrogens is 414 g/mol. The Bertz CT molecular complexity index is 604.